The first-order valence-corrected chi connectivity index (χ1v) is 8.23. The number of unbranched alkanes of at least 4 members (excludes halogenated alkanes) is 2. The Hall–Kier alpha value is -1.31. The van der Waals surface area contributed by atoms with Crippen molar-refractivity contribution in [1.29, 1.82) is 0 Å². The van der Waals surface area contributed by atoms with E-state index >= 15 is 0 Å². The van der Waals surface area contributed by atoms with Gasteiger partial charge in [-0.05, 0) is 68.9 Å². The van der Waals surface area contributed by atoms with Crippen LogP contribution in [0.15, 0.2) is 24.3 Å². The SMILES string of the molecule is C=C(CCCCCc1ccc2c(n1)NCCC2)C1CC1. The molecule has 0 spiro atoms. The van der Waals surface area contributed by atoms with Gasteiger partial charge in [0.05, 0.1) is 0 Å². The average molecular weight is 270 g/mol. The van der Waals surface area contributed by atoms with Crippen molar-refractivity contribution < 1.29 is 0 Å². The lowest BCUT2D eigenvalue weighted by molar-refractivity contribution is 0.656. The van der Waals surface area contributed by atoms with E-state index in [-0.39, 0.29) is 0 Å². The monoisotopic (exact) mass is 270 g/mol. The number of nitrogens with zero attached hydrogens (tertiary/aromatic N) is 1. The lowest BCUT2D eigenvalue weighted by atomic mass is 10.0. The Morgan fingerprint density at radius 3 is 3.00 bits per heavy atom. The van der Waals surface area contributed by atoms with Gasteiger partial charge in [0.25, 0.3) is 0 Å². The first kappa shape index (κ1) is 13.7. The van der Waals surface area contributed by atoms with Gasteiger partial charge in [-0.3, -0.25) is 0 Å². The molecule has 1 aliphatic carbocycles. The fourth-order valence-corrected chi connectivity index (χ4v) is 3.04. The number of pyridine rings is 1. The molecule has 1 saturated carbocycles. The number of rotatable bonds is 7. The van der Waals surface area contributed by atoms with E-state index in [0.717, 1.165) is 24.7 Å². The van der Waals surface area contributed by atoms with Crippen LogP contribution in [0.25, 0.3) is 0 Å². The third-order valence-corrected chi connectivity index (χ3v) is 4.54. The molecule has 2 heteroatoms. The lowest BCUT2D eigenvalue weighted by Crippen LogP contribution is -2.13. The molecule has 1 aromatic rings. The molecule has 0 bridgehead atoms. The molecule has 1 N–H and O–H groups in total. The third kappa shape index (κ3) is 3.62. The maximum absolute atomic E-state index is 4.76. The highest BCUT2D eigenvalue weighted by atomic mass is 15.0. The van der Waals surface area contributed by atoms with E-state index in [9.17, 15) is 0 Å². The van der Waals surface area contributed by atoms with Gasteiger partial charge in [0, 0.05) is 12.2 Å². The Kier molecular flexibility index (Phi) is 4.39. The predicted molar refractivity (Wildman–Crippen MR) is 85.1 cm³/mol. The smallest absolute Gasteiger partial charge is 0.129 e. The van der Waals surface area contributed by atoms with Crippen molar-refractivity contribution in [3.8, 4) is 0 Å². The van der Waals surface area contributed by atoms with Gasteiger partial charge in [-0.25, -0.2) is 4.98 Å². The highest BCUT2D eigenvalue weighted by Crippen LogP contribution is 2.37. The normalized spacial score (nSPS) is 17.4. The first-order chi connectivity index (χ1) is 9.83. The summed E-state index contributed by atoms with van der Waals surface area (Å²) in [5.41, 5.74) is 4.14. The van der Waals surface area contributed by atoms with Gasteiger partial charge in [-0.2, -0.15) is 0 Å². The Morgan fingerprint density at radius 2 is 2.15 bits per heavy atom. The van der Waals surface area contributed by atoms with Crippen LogP contribution in [0, 0.1) is 5.92 Å². The van der Waals surface area contributed by atoms with Crippen LogP contribution < -0.4 is 5.32 Å². The minimum Gasteiger partial charge on any atom is -0.370 e. The quantitative estimate of drug-likeness (QED) is 0.582. The number of aryl methyl sites for hydroxylation is 2. The van der Waals surface area contributed by atoms with E-state index in [1.54, 1.807) is 0 Å². The summed E-state index contributed by atoms with van der Waals surface area (Å²) in [6.45, 7) is 5.28. The molecule has 0 amide bonds. The molecular formula is C18H26N2. The molecule has 0 saturated heterocycles. The van der Waals surface area contributed by atoms with Gasteiger partial charge >= 0.3 is 0 Å². The van der Waals surface area contributed by atoms with Crippen LogP contribution in [0.1, 0.15) is 56.2 Å². The second-order valence-electron chi connectivity index (χ2n) is 6.33. The maximum atomic E-state index is 4.76. The summed E-state index contributed by atoms with van der Waals surface area (Å²) in [6, 6.07) is 4.48. The van der Waals surface area contributed by atoms with Crippen molar-refractivity contribution in [2.24, 2.45) is 5.92 Å². The minimum absolute atomic E-state index is 0.878. The van der Waals surface area contributed by atoms with Crippen molar-refractivity contribution in [1.82, 2.24) is 4.98 Å². The molecule has 2 heterocycles. The molecule has 2 nitrogen and oxygen atoms in total. The summed E-state index contributed by atoms with van der Waals surface area (Å²) in [4.78, 5) is 4.76. The molecule has 108 valence electrons. The molecule has 0 radical (unpaired) electrons. The van der Waals surface area contributed by atoms with E-state index in [4.69, 9.17) is 4.98 Å². The number of hydrogen-bond donors (Lipinski definition) is 1. The zero-order valence-corrected chi connectivity index (χ0v) is 12.5. The van der Waals surface area contributed by atoms with Crippen molar-refractivity contribution in [2.45, 2.75) is 57.8 Å². The predicted octanol–water partition coefficient (Wildman–Crippen LogP) is 4.51. The van der Waals surface area contributed by atoms with E-state index in [2.05, 4.69) is 24.0 Å². The number of aromatic nitrogens is 1. The fourth-order valence-electron chi connectivity index (χ4n) is 3.04. The second kappa shape index (κ2) is 6.43. The van der Waals surface area contributed by atoms with Crippen LogP contribution in [0.2, 0.25) is 0 Å². The molecule has 20 heavy (non-hydrogen) atoms. The zero-order chi connectivity index (χ0) is 13.8. The van der Waals surface area contributed by atoms with Crippen LogP contribution >= 0.6 is 0 Å². The van der Waals surface area contributed by atoms with Gasteiger partial charge in [-0.1, -0.05) is 24.6 Å². The van der Waals surface area contributed by atoms with Crippen LogP contribution in [0.3, 0.4) is 0 Å². The highest BCUT2D eigenvalue weighted by molar-refractivity contribution is 5.46. The van der Waals surface area contributed by atoms with Gasteiger partial charge in [0.1, 0.15) is 5.82 Å². The van der Waals surface area contributed by atoms with Gasteiger partial charge in [0.2, 0.25) is 0 Å². The molecule has 2 aliphatic rings. The number of allylic oxidation sites excluding steroid dienone is 1. The third-order valence-electron chi connectivity index (χ3n) is 4.54. The summed E-state index contributed by atoms with van der Waals surface area (Å²) in [5.74, 6) is 2.01. The molecule has 3 rings (SSSR count). The number of anilines is 1. The summed E-state index contributed by atoms with van der Waals surface area (Å²) in [7, 11) is 0. The Labute approximate surface area is 122 Å². The second-order valence-corrected chi connectivity index (χ2v) is 6.33. The topological polar surface area (TPSA) is 24.9 Å². The molecule has 0 atom stereocenters. The Morgan fingerprint density at radius 1 is 1.25 bits per heavy atom. The Bertz CT molecular complexity index is 474. The molecule has 0 aromatic carbocycles. The van der Waals surface area contributed by atoms with Crippen LogP contribution in [0.5, 0.6) is 0 Å². The van der Waals surface area contributed by atoms with Gasteiger partial charge < -0.3 is 5.32 Å². The van der Waals surface area contributed by atoms with Crippen molar-refractivity contribution in [3.05, 3.63) is 35.5 Å². The van der Waals surface area contributed by atoms with Gasteiger partial charge in [0.15, 0.2) is 0 Å². The first-order valence-electron chi connectivity index (χ1n) is 8.23. The molecule has 1 aromatic heterocycles. The summed E-state index contributed by atoms with van der Waals surface area (Å²) >= 11 is 0. The molecule has 1 aliphatic heterocycles. The molecule has 1 fully saturated rings. The van der Waals surface area contributed by atoms with Crippen LogP contribution in [0.4, 0.5) is 5.82 Å². The molecule has 0 unspecified atom stereocenters. The number of fused-ring (bicyclic) bond motifs is 1. The van der Waals surface area contributed by atoms with Gasteiger partial charge in [-0.15, -0.1) is 0 Å². The van der Waals surface area contributed by atoms with Crippen molar-refractivity contribution in [3.63, 3.8) is 0 Å². The van der Waals surface area contributed by atoms with E-state index in [1.165, 1.54) is 68.2 Å². The highest BCUT2D eigenvalue weighted by Gasteiger charge is 2.23. The van der Waals surface area contributed by atoms with Crippen LogP contribution in [-0.4, -0.2) is 11.5 Å². The fraction of sp³-hybridized carbons (Fsp3) is 0.611. The van der Waals surface area contributed by atoms with Crippen molar-refractivity contribution in [2.75, 3.05) is 11.9 Å². The lowest BCUT2D eigenvalue weighted by Gasteiger charge is -2.17. The molecular weight excluding hydrogens is 244 g/mol. The largest absolute Gasteiger partial charge is 0.370 e. The Balaban J connectivity index is 1.38. The average Bonchev–Trinajstić information content (AvgIpc) is 3.31. The summed E-state index contributed by atoms with van der Waals surface area (Å²) in [5, 5.41) is 3.42. The number of nitrogens with one attached hydrogen (secondary N) is 1. The standard InChI is InChI=1S/C18H26N2/c1-14(15-9-10-15)6-3-2-4-8-17-12-11-16-7-5-13-19-18(16)20-17/h11-12,15H,1-10,13H2,(H,19,20). The van der Waals surface area contributed by atoms with Crippen molar-refractivity contribution >= 4 is 5.82 Å². The summed E-state index contributed by atoms with van der Waals surface area (Å²) < 4.78 is 0. The maximum Gasteiger partial charge on any atom is 0.129 e. The minimum atomic E-state index is 0.878. The summed E-state index contributed by atoms with van der Waals surface area (Å²) in [6.07, 6.45) is 11.4. The van der Waals surface area contributed by atoms with E-state index in [0.29, 0.717) is 0 Å². The van der Waals surface area contributed by atoms with E-state index in [1.807, 2.05) is 0 Å². The number of hydrogen-bond acceptors (Lipinski definition) is 2. The van der Waals surface area contributed by atoms with Crippen LogP contribution in [-0.2, 0) is 12.8 Å². The zero-order valence-electron chi connectivity index (χ0n) is 12.5. The van der Waals surface area contributed by atoms with E-state index < -0.39 is 0 Å².